The van der Waals surface area contributed by atoms with E-state index in [1.54, 1.807) is 0 Å². The molecule has 4 fully saturated rings. The summed E-state index contributed by atoms with van der Waals surface area (Å²) in [5, 5.41) is 6.94. The average Bonchev–Trinajstić information content (AvgIpc) is 3.08. The van der Waals surface area contributed by atoms with Gasteiger partial charge in [0.15, 0.2) is 6.29 Å². The zero-order valence-electron chi connectivity index (χ0n) is 19.6. The lowest BCUT2D eigenvalue weighted by Crippen LogP contribution is -2.50. The molecule has 1 spiro atoms. The molecule has 1 aromatic rings. The number of carbonyl (C=O) groups excluding carboxylic acids is 1. The van der Waals surface area contributed by atoms with Crippen LogP contribution in [-0.2, 0) is 19.7 Å². The van der Waals surface area contributed by atoms with Gasteiger partial charge >= 0.3 is 0 Å². The fraction of sp³-hybridized carbons (Fsp3) is 0.800. The van der Waals surface area contributed by atoms with E-state index in [1.165, 1.54) is 6.42 Å². The van der Waals surface area contributed by atoms with Gasteiger partial charge in [-0.05, 0) is 83.7 Å². The van der Waals surface area contributed by atoms with Crippen molar-refractivity contribution in [1.82, 2.24) is 15.3 Å². The van der Waals surface area contributed by atoms with Crippen LogP contribution in [0, 0.1) is 0 Å². The molecule has 0 bridgehead atoms. The van der Waals surface area contributed by atoms with Gasteiger partial charge in [0.25, 0.3) is 0 Å². The van der Waals surface area contributed by atoms with Crippen LogP contribution in [0.4, 0.5) is 11.8 Å². The monoisotopic (exact) mass is 455 g/mol. The van der Waals surface area contributed by atoms with E-state index in [1.807, 2.05) is 11.1 Å². The molecule has 2 saturated heterocycles. The zero-order chi connectivity index (χ0) is 22.3. The van der Waals surface area contributed by atoms with Crippen LogP contribution in [-0.4, -0.2) is 60.0 Å². The first-order chi connectivity index (χ1) is 16.2. The molecule has 2 N–H and O–H groups in total. The summed E-state index contributed by atoms with van der Waals surface area (Å²) in [6, 6.07) is 0.524. The predicted molar refractivity (Wildman–Crippen MR) is 125 cm³/mol. The summed E-state index contributed by atoms with van der Waals surface area (Å²) in [6.07, 6.45) is 14.3. The summed E-state index contributed by atoms with van der Waals surface area (Å²) in [5.74, 6) is 1.76. The standard InChI is InChI=1S/C25H37N5O3/c31-23-25(10-4-11-25)20-16-27-24(28-17-8-12-26-13-9-17)29-22(20)30(23)18-5-3-6-19(15-18)33-21-7-1-2-14-32-21/h16-19,21,26H,1-15H2,(H,27,28,29)/t18-,19-,21?/m1/s1. The molecule has 180 valence electrons. The largest absolute Gasteiger partial charge is 0.353 e. The van der Waals surface area contributed by atoms with Crippen molar-refractivity contribution in [2.24, 2.45) is 0 Å². The van der Waals surface area contributed by atoms with Crippen molar-refractivity contribution in [2.45, 2.75) is 107 Å². The minimum absolute atomic E-state index is 0.0786. The number of piperidine rings is 1. The highest BCUT2D eigenvalue weighted by Crippen LogP contribution is 2.54. The van der Waals surface area contributed by atoms with Crippen molar-refractivity contribution in [1.29, 1.82) is 0 Å². The summed E-state index contributed by atoms with van der Waals surface area (Å²) in [5.41, 5.74) is 0.663. The minimum atomic E-state index is -0.386. The Kier molecular flexibility index (Phi) is 6.01. The van der Waals surface area contributed by atoms with Crippen molar-refractivity contribution in [2.75, 3.05) is 29.9 Å². The number of ether oxygens (including phenoxy) is 2. The molecule has 2 saturated carbocycles. The number of nitrogens with zero attached hydrogens (tertiary/aromatic N) is 3. The van der Waals surface area contributed by atoms with Crippen LogP contribution in [0.3, 0.4) is 0 Å². The molecular weight excluding hydrogens is 418 g/mol. The summed E-state index contributed by atoms with van der Waals surface area (Å²) < 4.78 is 12.2. The second-order valence-corrected chi connectivity index (χ2v) is 10.6. The molecule has 6 rings (SSSR count). The van der Waals surface area contributed by atoms with Crippen LogP contribution in [0.25, 0.3) is 0 Å². The lowest BCUT2D eigenvalue weighted by atomic mass is 9.66. The topological polar surface area (TPSA) is 88.6 Å². The summed E-state index contributed by atoms with van der Waals surface area (Å²) in [7, 11) is 0. The van der Waals surface area contributed by atoms with Crippen molar-refractivity contribution < 1.29 is 14.3 Å². The molecule has 3 atom stereocenters. The van der Waals surface area contributed by atoms with Gasteiger partial charge in [0.1, 0.15) is 5.82 Å². The Labute approximate surface area is 196 Å². The summed E-state index contributed by atoms with van der Waals surface area (Å²) in [4.78, 5) is 25.5. The van der Waals surface area contributed by atoms with E-state index in [4.69, 9.17) is 14.5 Å². The maximum Gasteiger partial charge on any atom is 0.239 e. The van der Waals surface area contributed by atoms with Crippen molar-refractivity contribution >= 4 is 17.7 Å². The van der Waals surface area contributed by atoms with Gasteiger partial charge in [0.05, 0.1) is 11.5 Å². The molecule has 3 aliphatic heterocycles. The lowest BCUT2D eigenvalue weighted by molar-refractivity contribution is -0.193. The highest BCUT2D eigenvalue weighted by molar-refractivity contribution is 6.08. The minimum Gasteiger partial charge on any atom is -0.353 e. The second kappa shape index (κ2) is 9.12. The fourth-order valence-electron chi connectivity index (χ4n) is 6.42. The molecule has 1 aromatic heterocycles. The smallest absolute Gasteiger partial charge is 0.239 e. The Bertz CT molecular complexity index is 864. The fourth-order valence-corrected chi connectivity index (χ4v) is 6.42. The molecule has 1 unspecified atom stereocenters. The van der Waals surface area contributed by atoms with Crippen LogP contribution in [0.1, 0.15) is 82.6 Å². The molecule has 5 aliphatic rings. The van der Waals surface area contributed by atoms with Gasteiger partial charge in [-0.25, -0.2) is 4.98 Å². The third kappa shape index (κ3) is 4.04. The number of amides is 1. The summed E-state index contributed by atoms with van der Waals surface area (Å²) in [6.45, 7) is 2.83. The van der Waals surface area contributed by atoms with Gasteiger partial charge in [0.2, 0.25) is 11.9 Å². The van der Waals surface area contributed by atoms with Crippen LogP contribution in [0.5, 0.6) is 0 Å². The lowest BCUT2D eigenvalue weighted by Gasteiger charge is -2.40. The SMILES string of the molecule is O=C1N([C@@H]2CCC[C@@H](OC3CCCCO3)C2)c2nc(NC3CCNCC3)ncc2C12CCC2. The number of fused-ring (bicyclic) bond motifs is 2. The molecule has 8 nitrogen and oxygen atoms in total. The molecule has 8 heteroatoms. The molecule has 33 heavy (non-hydrogen) atoms. The Morgan fingerprint density at radius 3 is 2.73 bits per heavy atom. The first-order valence-electron chi connectivity index (χ1n) is 13.2. The Balaban J connectivity index is 1.23. The van der Waals surface area contributed by atoms with Gasteiger partial charge in [-0.2, -0.15) is 4.98 Å². The first kappa shape index (κ1) is 21.7. The molecule has 4 heterocycles. The number of carbonyl (C=O) groups is 1. The van der Waals surface area contributed by atoms with E-state index < -0.39 is 0 Å². The number of hydrogen-bond donors (Lipinski definition) is 2. The van der Waals surface area contributed by atoms with E-state index in [0.29, 0.717) is 12.0 Å². The Hall–Kier alpha value is -1.77. The van der Waals surface area contributed by atoms with Gasteiger partial charge in [-0.1, -0.05) is 6.42 Å². The van der Waals surface area contributed by atoms with Crippen LogP contribution < -0.4 is 15.5 Å². The van der Waals surface area contributed by atoms with E-state index in [2.05, 4.69) is 15.6 Å². The van der Waals surface area contributed by atoms with Gasteiger partial charge in [-0.3, -0.25) is 9.69 Å². The van der Waals surface area contributed by atoms with Gasteiger partial charge < -0.3 is 20.1 Å². The normalized spacial score (nSPS) is 31.9. The highest BCUT2D eigenvalue weighted by atomic mass is 16.7. The third-order valence-corrected chi connectivity index (χ3v) is 8.47. The highest BCUT2D eigenvalue weighted by Gasteiger charge is 2.57. The second-order valence-electron chi connectivity index (χ2n) is 10.6. The number of anilines is 2. The molecule has 0 aromatic carbocycles. The van der Waals surface area contributed by atoms with Gasteiger partial charge in [0, 0.05) is 30.5 Å². The zero-order valence-corrected chi connectivity index (χ0v) is 19.6. The van der Waals surface area contributed by atoms with E-state index in [-0.39, 0.29) is 29.8 Å². The number of hydrogen-bond acceptors (Lipinski definition) is 7. The molecule has 1 amide bonds. The van der Waals surface area contributed by atoms with Crippen molar-refractivity contribution in [3.8, 4) is 0 Å². The Morgan fingerprint density at radius 1 is 1.09 bits per heavy atom. The Morgan fingerprint density at radius 2 is 1.97 bits per heavy atom. The quantitative estimate of drug-likeness (QED) is 0.704. The summed E-state index contributed by atoms with van der Waals surface area (Å²) >= 11 is 0. The molecule has 0 radical (unpaired) electrons. The molecule has 2 aliphatic carbocycles. The van der Waals surface area contributed by atoms with E-state index >= 15 is 0 Å². The maximum absolute atomic E-state index is 13.8. The number of aromatic nitrogens is 2. The first-order valence-corrected chi connectivity index (χ1v) is 13.2. The molecular formula is C25H37N5O3. The van der Waals surface area contributed by atoms with Crippen molar-refractivity contribution in [3.63, 3.8) is 0 Å². The van der Waals surface area contributed by atoms with Crippen molar-refractivity contribution in [3.05, 3.63) is 11.8 Å². The van der Waals surface area contributed by atoms with Crippen LogP contribution >= 0.6 is 0 Å². The number of nitrogens with one attached hydrogen (secondary N) is 2. The van der Waals surface area contributed by atoms with E-state index in [9.17, 15) is 4.79 Å². The average molecular weight is 456 g/mol. The van der Waals surface area contributed by atoms with Crippen LogP contribution in [0.2, 0.25) is 0 Å². The third-order valence-electron chi connectivity index (χ3n) is 8.47. The maximum atomic E-state index is 13.8. The van der Waals surface area contributed by atoms with Crippen LogP contribution in [0.15, 0.2) is 6.20 Å². The van der Waals surface area contributed by atoms with Gasteiger partial charge in [-0.15, -0.1) is 0 Å². The predicted octanol–water partition coefficient (Wildman–Crippen LogP) is 3.26. The number of rotatable bonds is 5. The van der Waals surface area contributed by atoms with E-state index in [0.717, 1.165) is 102 Å².